The minimum Gasteiger partial charge on any atom is -0.496 e. The van der Waals surface area contributed by atoms with E-state index in [1.165, 1.54) is 5.56 Å². The Kier molecular flexibility index (Phi) is 4.99. The van der Waals surface area contributed by atoms with Crippen molar-refractivity contribution in [3.8, 4) is 11.8 Å². The first-order valence-electron chi connectivity index (χ1n) is 5.86. The summed E-state index contributed by atoms with van der Waals surface area (Å²) in [6.45, 7) is 4.92. The van der Waals surface area contributed by atoms with Gasteiger partial charge < -0.3 is 10.1 Å². The highest BCUT2D eigenvalue weighted by atomic mass is 16.5. The minimum absolute atomic E-state index is 0.173. The third kappa shape index (κ3) is 3.21. The van der Waals surface area contributed by atoms with E-state index in [1.807, 2.05) is 13.1 Å². The highest BCUT2D eigenvalue weighted by Gasteiger charge is 2.16. The zero-order valence-electron chi connectivity index (χ0n) is 10.9. The number of likely N-dealkylation sites (N-methyl/N-ethyl adjacent to an activating group) is 1. The van der Waals surface area contributed by atoms with E-state index in [2.05, 4.69) is 37.4 Å². The molecule has 17 heavy (non-hydrogen) atoms. The molecule has 1 unspecified atom stereocenters. The molecule has 0 spiro atoms. The Balaban J connectivity index is 3.17. The quantitative estimate of drug-likeness (QED) is 0.848. The monoisotopic (exact) mass is 232 g/mol. The Labute approximate surface area is 103 Å². The summed E-state index contributed by atoms with van der Waals surface area (Å²) in [5, 5.41) is 12.3. The van der Waals surface area contributed by atoms with Crippen molar-refractivity contribution in [2.45, 2.75) is 25.7 Å². The lowest BCUT2D eigenvalue weighted by atomic mass is 9.93. The van der Waals surface area contributed by atoms with Gasteiger partial charge in [0.05, 0.1) is 19.1 Å². The Morgan fingerprint density at radius 2 is 2.12 bits per heavy atom. The fraction of sp³-hybridized carbons (Fsp3) is 0.500. The number of nitrogens with one attached hydrogen (secondary N) is 1. The summed E-state index contributed by atoms with van der Waals surface area (Å²) < 4.78 is 5.33. The lowest BCUT2D eigenvalue weighted by Gasteiger charge is -2.16. The second kappa shape index (κ2) is 6.27. The van der Waals surface area contributed by atoms with Crippen molar-refractivity contribution >= 4 is 0 Å². The minimum atomic E-state index is -0.173. The molecule has 1 N–H and O–H groups in total. The number of ether oxygens (including phenoxy) is 1. The normalized spacial score (nSPS) is 12.2. The fourth-order valence-corrected chi connectivity index (χ4v) is 1.81. The molecule has 1 rings (SSSR count). The van der Waals surface area contributed by atoms with E-state index in [0.717, 1.165) is 11.3 Å². The molecule has 0 aromatic heterocycles. The third-order valence-corrected chi connectivity index (χ3v) is 2.86. The Hall–Kier alpha value is -1.53. The van der Waals surface area contributed by atoms with Gasteiger partial charge in [-0.15, -0.1) is 0 Å². The highest BCUT2D eigenvalue weighted by molar-refractivity contribution is 5.43. The molecule has 0 aliphatic heterocycles. The summed E-state index contributed by atoms with van der Waals surface area (Å²) in [5.41, 5.74) is 2.20. The molecule has 1 aromatic carbocycles. The predicted octanol–water partition coefficient (Wildman–Crippen LogP) is 2.65. The molecule has 0 amide bonds. The summed E-state index contributed by atoms with van der Waals surface area (Å²) in [6, 6.07) is 8.40. The van der Waals surface area contributed by atoms with Crippen LogP contribution in [0.25, 0.3) is 0 Å². The van der Waals surface area contributed by atoms with Gasteiger partial charge in [-0.1, -0.05) is 26.0 Å². The molecule has 1 aromatic rings. The summed E-state index contributed by atoms with van der Waals surface area (Å²) in [5.74, 6) is 1.07. The van der Waals surface area contributed by atoms with Gasteiger partial charge in [0.2, 0.25) is 0 Å². The molecule has 1 atom stereocenters. The average Bonchev–Trinajstić information content (AvgIpc) is 2.35. The van der Waals surface area contributed by atoms with Crippen LogP contribution in [0.3, 0.4) is 0 Å². The lowest BCUT2D eigenvalue weighted by Crippen LogP contribution is -2.16. The molecule has 0 heterocycles. The van der Waals surface area contributed by atoms with Crippen molar-refractivity contribution in [1.29, 1.82) is 5.26 Å². The topological polar surface area (TPSA) is 45.0 Å². The molecular formula is C14H20N2O. The first-order valence-corrected chi connectivity index (χ1v) is 5.86. The van der Waals surface area contributed by atoms with Crippen LogP contribution >= 0.6 is 0 Å². The van der Waals surface area contributed by atoms with Gasteiger partial charge in [-0.05, 0) is 24.6 Å². The maximum Gasteiger partial charge on any atom is 0.123 e. The fourth-order valence-electron chi connectivity index (χ4n) is 1.81. The van der Waals surface area contributed by atoms with Gasteiger partial charge in [0.25, 0.3) is 0 Å². The molecule has 3 heteroatoms. The number of benzene rings is 1. The largest absolute Gasteiger partial charge is 0.496 e. The molecule has 3 nitrogen and oxygen atoms in total. The van der Waals surface area contributed by atoms with E-state index in [-0.39, 0.29) is 5.92 Å². The number of hydrogen-bond donors (Lipinski definition) is 1. The second-order valence-corrected chi connectivity index (χ2v) is 4.40. The molecule has 0 aliphatic rings. The van der Waals surface area contributed by atoms with Crippen LogP contribution in [-0.2, 0) is 0 Å². The average molecular weight is 232 g/mol. The second-order valence-electron chi connectivity index (χ2n) is 4.40. The van der Waals surface area contributed by atoms with Crippen LogP contribution in [0.5, 0.6) is 5.75 Å². The highest BCUT2D eigenvalue weighted by Crippen LogP contribution is 2.29. The summed E-state index contributed by atoms with van der Waals surface area (Å²) in [7, 11) is 3.49. The standard InChI is InChI=1S/C14H20N2O/c1-10(2)11-5-6-14(17-4)13(7-11)12(8-15)9-16-3/h5-7,10,12,16H,9H2,1-4H3. The van der Waals surface area contributed by atoms with Crippen molar-refractivity contribution in [3.05, 3.63) is 29.3 Å². The zero-order chi connectivity index (χ0) is 12.8. The molecule has 0 fully saturated rings. The molecule has 0 saturated carbocycles. The molecular weight excluding hydrogens is 212 g/mol. The van der Waals surface area contributed by atoms with Crippen LogP contribution in [0.1, 0.15) is 36.8 Å². The van der Waals surface area contributed by atoms with Crippen molar-refractivity contribution in [2.75, 3.05) is 20.7 Å². The van der Waals surface area contributed by atoms with E-state index in [4.69, 9.17) is 4.74 Å². The Bertz CT molecular complexity index is 407. The van der Waals surface area contributed by atoms with Crippen molar-refractivity contribution in [2.24, 2.45) is 0 Å². The Morgan fingerprint density at radius 1 is 1.41 bits per heavy atom. The number of nitrogens with zero attached hydrogens (tertiary/aromatic N) is 1. The Morgan fingerprint density at radius 3 is 2.59 bits per heavy atom. The van der Waals surface area contributed by atoms with Gasteiger partial charge in [0, 0.05) is 12.1 Å². The first-order chi connectivity index (χ1) is 8.13. The number of methoxy groups -OCH3 is 1. The van der Waals surface area contributed by atoms with Crippen LogP contribution in [0.15, 0.2) is 18.2 Å². The molecule has 92 valence electrons. The maximum atomic E-state index is 9.21. The van der Waals surface area contributed by atoms with Crippen LogP contribution in [0, 0.1) is 11.3 Å². The van der Waals surface area contributed by atoms with Gasteiger partial charge in [0.1, 0.15) is 5.75 Å². The van der Waals surface area contributed by atoms with Crippen LogP contribution in [0.4, 0.5) is 0 Å². The third-order valence-electron chi connectivity index (χ3n) is 2.86. The zero-order valence-corrected chi connectivity index (χ0v) is 10.9. The number of nitriles is 1. The lowest BCUT2D eigenvalue weighted by molar-refractivity contribution is 0.407. The van der Waals surface area contributed by atoms with E-state index in [9.17, 15) is 5.26 Å². The van der Waals surface area contributed by atoms with E-state index in [1.54, 1.807) is 7.11 Å². The molecule has 0 radical (unpaired) electrons. The van der Waals surface area contributed by atoms with E-state index in [0.29, 0.717) is 12.5 Å². The van der Waals surface area contributed by atoms with E-state index >= 15 is 0 Å². The van der Waals surface area contributed by atoms with Gasteiger partial charge in [-0.3, -0.25) is 0 Å². The predicted molar refractivity (Wildman–Crippen MR) is 69.4 cm³/mol. The van der Waals surface area contributed by atoms with Crippen LogP contribution in [0.2, 0.25) is 0 Å². The smallest absolute Gasteiger partial charge is 0.123 e. The van der Waals surface area contributed by atoms with Gasteiger partial charge in [-0.25, -0.2) is 0 Å². The summed E-state index contributed by atoms with van der Waals surface area (Å²) in [6.07, 6.45) is 0. The summed E-state index contributed by atoms with van der Waals surface area (Å²) in [4.78, 5) is 0. The van der Waals surface area contributed by atoms with Gasteiger partial charge in [-0.2, -0.15) is 5.26 Å². The van der Waals surface area contributed by atoms with Crippen molar-refractivity contribution < 1.29 is 4.74 Å². The summed E-state index contributed by atoms with van der Waals surface area (Å²) >= 11 is 0. The number of rotatable bonds is 5. The van der Waals surface area contributed by atoms with Gasteiger partial charge in [0.15, 0.2) is 0 Å². The van der Waals surface area contributed by atoms with E-state index < -0.39 is 0 Å². The molecule has 0 bridgehead atoms. The van der Waals surface area contributed by atoms with Gasteiger partial charge >= 0.3 is 0 Å². The molecule has 0 aliphatic carbocycles. The van der Waals surface area contributed by atoms with Crippen molar-refractivity contribution in [1.82, 2.24) is 5.32 Å². The van der Waals surface area contributed by atoms with Crippen LogP contribution < -0.4 is 10.1 Å². The first kappa shape index (κ1) is 13.5. The SMILES string of the molecule is CNCC(C#N)c1cc(C(C)C)ccc1OC. The van der Waals surface area contributed by atoms with Crippen molar-refractivity contribution in [3.63, 3.8) is 0 Å². The van der Waals surface area contributed by atoms with Crippen LogP contribution in [-0.4, -0.2) is 20.7 Å². The maximum absolute atomic E-state index is 9.21. The number of hydrogen-bond acceptors (Lipinski definition) is 3. The molecule has 0 saturated heterocycles.